The standard InChI is InChI=1S/C20H26FN3O/c1-13-5-4-8-24(11-13)12-14(2)22-20(25)18-9-16-6-7-17(21)10-19(16)23-15(18)3/h6-7,9-10,13-14H,4-5,8,11-12H2,1-3H3,(H,22,25)/t13-,14-/m0/s1. The van der Waals surface area contributed by atoms with Crippen LogP contribution in [0.1, 0.15) is 42.7 Å². The van der Waals surface area contributed by atoms with Crippen molar-refractivity contribution in [3.8, 4) is 0 Å². The fourth-order valence-corrected chi connectivity index (χ4v) is 3.65. The van der Waals surface area contributed by atoms with E-state index in [0.717, 1.165) is 30.9 Å². The molecule has 0 bridgehead atoms. The first kappa shape index (κ1) is 17.8. The van der Waals surface area contributed by atoms with Gasteiger partial charge >= 0.3 is 0 Å². The van der Waals surface area contributed by atoms with Crippen molar-refractivity contribution < 1.29 is 9.18 Å². The van der Waals surface area contributed by atoms with E-state index in [1.807, 2.05) is 6.92 Å². The normalized spacial score (nSPS) is 19.8. The van der Waals surface area contributed by atoms with Crippen molar-refractivity contribution in [2.45, 2.75) is 39.7 Å². The van der Waals surface area contributed by atoms with Crippen LogP contribution in [0.25, 0.3) is 10.9 Å². The van der Waals surface area contributed by atoms with E-state index in [1.54, 1.807) is 19.1 Å². The van der Waals surface area contributed by atoms with Crippen LogP contribution in [0.5, 0.6) is 0 Å². The van der Waals surface area contributed by atoms with E-state index in [0.29, 0.717) is 16.8 Å². The first-order valence-corrected chi connectivity index (χ1v) is 9.02. The van der Waals surface area contributed by atoms with E-state index >= 15 is 0 Å². The van der Waals surface area contributed by atoms with Crippen molar-refractivity contribution in [3.05, 3.63) is 41.3 Å². The summed E-state index contributed by atoms with van der Waals surface area (Å²) in [7, 11) is 0. The first-order valence-electron chi connectivity index (χ1n) is 9.02. The Morgan fingerprint density at radius 3 is 3.00 bits per heavy atom. The van der Waals surface area contributed by atoms with Gasteiger partial charge in [0, 0.05) is 30.6 Å². The molecule has 1 amide bonds. The lowest BCUT2D eigenvalue weighted by Crippen LogP contribution is -2.45. The molecular formula is C20H26FN3O. The molecule has 2 atom stereocenters. The second-order valence-corrected chi connectivity index (χ2v) is 7.34. The summed E-state index contributed by atoms with van der Waals surface area (Å²) in [6, 6.07) is 6.31. The largest absolute Gasteiger partial charge is 0.348 e. The molecule has 0 saturated carbocycles. The summed E-state index contributed by atoms with van der Waals surface area (Å²) in [5, 5.41) is 3.85. The summed E-state index contributed by atoms with van der Waals surface area (Å²) in [5.41, 5.74) is 1.75. The van der Waals surface area contributed by atoms with Crippen LogP contribution in [-0.2, 0) is 0 Å². The number of hydrogen-bond donors (Lipinski definition) is 1. The van der Waals surface area contributed by atoms with Gasteiger partial charge in [-0.15, -0.1) is 0 Å². The molecule has 1 fully saturated rings. The number of benzene rings is 1. The molecule has 0 aliphatic carbocycles. The highest BCUT2D eigenvalue weighted by Crippen LogP contribution is 2.18. The number of fused-ring (bicyclic) bond motifs is 1. The molecular weight excluding hydrogens is 317 g/mol. The minimum Gasteiger partial charge on any atom is -0.348 e. The number of aryl methyl sites for hydroxylation is 1. The van der Waals surface area contributed by atoms with Crippen molar-refractivity contribution in [3.63, 3.8) is 0 Å². The van der Waals surface area contributed by atoms with Gasteiger partial charge in [0.15, 0.2) is 0 Å². The molecule has 5 heteroatoms. The second kappa shape index (κ2) is 7.48. The third-order valence-electron chi connectivity index (χ3n) is 4.87. The maximum Gasteiger partial charge on any atom is 0.253 e. The average Bonchev–Trinajstić information content (AvgIpc) is 2.53. The number of halogens is 1. The number of carbonyl (C=O) groups excluding carboxylic acids is 1. The van der Waals surface area contributed by atoms with Crippen molar-refractivity contribution >= 4 is 16.8 Å². The van der Waals surface area contributed by atoms with E-state index in [1.165, 1.54) is 25.0 Å². The summed E-state index contributed by atoms with van der Waals surface area (Å²) in [5.74, 6) is 0.291. The van der Waals surface area contributed by atoms with Crippen LogP contribution in [0, 0.1) is 18.7 Å². The van der Waals surface area contributed by atoms with E-state index in [-0.39, 0.29) is 17.8 Å². The number of piperidine rings is 1. The van der Waals surface area contributed by atoms with Crippen LogP contribution in [0.2, 0.25) is 0 Å². The zero-order valence-corrected chi connectivity index (χ0v) is 15.2. The van der Waals surface area contributed by atoms with Gasteiger partial charge < -0.3 is 10.2 Å². The van der Waals surface area contributed by atoms with Crippen LogP contribution in [-0.4, -0.2) is 41.5 Å². The van der Waals surface area contributed by atoms with Crippen LogP contribution >= 0.6 is 0 Å². The van der Waals surface area contributed by atoms with Gasteiger partial charge in [0.1, 0.15) is 5.82 Å². The maximum atomic E-state index is 13.3. The zero-order chi connectivity index (χ0) is 18.0. The maximum absolute atomic E-state index is 13.3. The monoisotopic (exact) mass is 343 g/mol. The van der Waals surface area contributed by atoms with Gasteiger partial charge in [-0.1, -0.05) is 6.92 Å². The fourth-order valence-electron chi connectivity index (χ4n) is 3.65. The van der Waals surface area contributed by atoms with Crippen LogP contribution < -0.4 is 5.32 Å². The molecule has 1 aromatic carbocycles. The first-order chi connectivity index (χ1) is 11.9. The highest BCUT2D eigenvalue weighted by Gasteiger charge is 2.20. The fraction of sp³-hybridized carbons (Fsp3) is 0.500. The average molecular weight is 343 g/mol. The predicted molar refractivity (Wildman–Crippen MR) is 98.2 cm³/mol. The molecule has 0 spiro atoms. The summed E-state index contributed by atoms with van der Waals surface area (Å²) >= 11 is 0. The van der Waals surface area contributed by atoms with Gasteiger partial charge in [-0.05, 0) is 57.4 Å². The lowest BCUT2D eigenvalue weighted by atomic mass is 10.00. The minimum atomic E-state index is -0.319. The second-order valence-electron chi connectivity index (χ2n) is 7.34. The Kier molecular flexibility index (Phi) is 5.33. The smallest absolute Gasteiger partial charge is 0.253 e. The van der Waals surface area contributed by atoms with Crippen LogP contribution in [0.3, 0.4) is 0 Å². The summed E-state index contributed by atoms with van der Waals surface area (Å²) in [6.45, 7) is 9.17. The highest BCUT2D eigenvalue weighted by molar-refractivity contribution is 5.98. The van der Waals surface area contributed by atoms with Gasteiger partial charge in [-0.2, -0.15) is 0 Å². The van der Waals surface area contributed by atoms with E-state index in [9.17, 15) is 9.18 Å². The van der Waals surface area contributed by atoms with Gasteiger partial charge in [0.2, 0.25) is 0 Å². The summed E-state index contributed by atoms with van der Waals surface area (Å²) in [4.78, 5) is 19.5. The predicted octanol–water partition coefficient (Wildman–Crippen LogP) is 3.53. The van der Waals surface area contributed by atoms with Gasteiger partial charge in [-0.25, -0.2) is 4.39 Å². The minimum absolute atomic E-state index is 0.0705. The molecule has 2 heterocycles. The number of hydrogen-bond acceptors (Lipinski definition) is 3. The number of amides is 1. The Bertz CT molecular complexity index is 777. The van der Waals surface area contributed by atoms with E-state index in [4.69, 9.17) is 0 Å². The van der Waals surface area contributed by atoms with E-state index < -0.39 is 0 Å². The number of carbonyl (C=O) groups is 1. The SMILES string of the molecule is Cc1nc2cc(F)ccc2cc1C(=O)N[C@@H](C)CN1CCC[C@H](C)C1. The summed E-state index contributed by atoms with van der Waals surface area (Å²) in [6.07, 6.45) is 2.52. The van der Waals surface area contributed by atoms with Gasteiger partial charge in [-0.3, -0.25) is 9.78 Å². The molecule has 1 aromatic heterocycles. The molecule has 2 aromatic rings. The number of pyridine rings is 1. The van der Waals surface area contributed by atoms with Crippen molar-refractivity contribution in [2.75, 3.05) is 19.6 Å². The number of aromatic nitrogens is 1. The molecule has 134 valence electrons. The molecule has 1 aliphatic rings. The quantitative estimate of drug-likeness (QED) is 0.924. The Morgan fingerprint density at radius 2 is 2.24 bits per heavy atom. The van der Waals surface area contributed by atoms with E-state index in [2.05, 4.69) is 22.1 Å². The molecule has 0 radical (unpaired) electrons. The topological polar surface area (TPSA) is 45.2 Å². The highest BCUT2D eigenvalue weighted by atomic mass is 19.1. The molecule has 25 heavy (non-hydrogen) atoms. The Morgan fingerprint density at radius 1 is 1.44 bits per heavy atom. The van der Waals surface area contributed by atoms with Gasteiger partial charge in [0.25, 0.3) is 5.91 Å². The Hall–Kier alpha value is -2.01. The van der Waals surface area contributed by atoms with Crippen molar-refractivity contribution in [1.29, 1.82) is 0 Å². The van der Waals surface area contributed by atoms with Crippen molar-refractivity contribution in [2.24, 2.45) is 5.92 Å². The molecule has 4 nitrogen and oxygen atoms in total. The zero-order valence-electron chi connectivity index (χ0n) is 15.2. The number of nitrogens with one attached hydrogen (secondary N) is 1. The van der Waals surface area contributed by atoms with Crippen molar-refractivity contribution in [1.82, 2.24) is 15.2 Å². The Balaban J connectivity index is 1.69. The van der Waals surface area contributed by atoms with Gasteiger partial charge in [0.05, 0.1) is 16.8 Å². The Labute approximate surface area is 148 Å². The molecule has 0 unspecified atom stereocenters. The third-order valence-corrected chi connectivity index (χ3v) is 4.87. The molecule has 1 aliphatic heterocycles. The number of likely N-dealkylation sites (tertiary alicyclic amines) is 1. The molecule has 1 N–H and O–H groups in total. The lowest BCUT2D eigenvalue weighted by Gasteiger charge is -2.32. The third kappa shape index (κ3) is 4.34. The van der Waals surface area contributed by atoms with Crippen LogP contribution in [0.4, 0.5) is 4.39 Å². The molecule has 1 saturated heterocycles. The lowest BCUT2D eigenvalue weighted by molar-refractivity contribution is 0.0919. The summed E-state index contributed by atoms with van der Waals surface area (Å²) < 4.78 is 13.3. The number of nitrogens with zero attached hydrogens (tertiary/aromatic N) is 2. The van der Waals surface area contributed by atoms with Crippen LogP contribution in [0.15, 0.2) is 24.3 Å². The molecule has 3 rings (SSSR count). The number of rotatable bonds is 4.